The van der Waals surface area contributed by atoms with Crippen LogP contribution < -0.4 is 5.32 Å². The van der Waals surface area contributed by atoms with Crippen LogP contribution in [0.25, 0.3) is 0 Å². The van der Waals surface area contributed by atoms with Crippen LogP contribution in [0.5, 0.6) is 0 Å². The first-order valence-corrected chi connectivity index (χ1v) is 6.44. The molecule has 84 valence electrons. The second-order valence-corrected chi connectivity index (χ2v) is 4.81. The Bertz CT molecular complexity index is 294. The van der Waals surface area contributed by atoms with Crippen molar-refractivity contribution in [1.29, 1.82) is 0 Å². The number of nitrogens with one attached hydrogen (secondary N) is 1. The van der Waals surface area contributed by atoms with Crippen LogP contribution in [0.1, 0.15) is 38.3 Å². The topological polar surface area (TPSA) is 12.0 Å². The molecule has 0 aromatic heterocycles. The molecule has 0 saturated heterocycles. The van der Waals surface area contributed by atoms with Gasteiger partial charge in [0.25, 0.3) is 0 Å². The molecule has 0 amide bonds. The Hall–Kier alpha value is -0.340. The van der Waals surface area contributed by atoms with Gasteiger partial charge in [-0.25, -0.2) is 0 Å². The zero-order valence-electron chi connectivity index (χ0n) is 9.76. The Balaban J connectivity index is 2.90. The van der Waals surface area contributed by atoms with E-state index in [1.807, 2.05) is 7.05 Å². The van der Waals surface area contributed by atoms with Gasteiger partial charge in [-0.1, -0.05) is 54.8 Å². The highest BCUT2D eigenvalue weighted by atomic mass is 79.9. The van der Waals surface area contributed by atoms with Crippen LogP contribution in [-0.4, -0.2) is 7.05 Å². The molecule has 1 atom stereocenters. The standard InChI is InChI=1S/C13H20BrN/c1-4-10(5-2)13(15-3)11-7-6-8-12(14)9-11/h6-10,13,15H,4-5H2,1-3H3. The van der Waals surface area contributed by atoms with Gasteiger partial charge in [-0.05, 0) is 30.7 Å². The molecule has 0 aliphatic heterocycles. The minimum absolute atomic E-state index is 0.470. The van der Waals surface area contributed by atoms with Gasteiger partial charge in [-0.2, -0.15) is 0 Å². The van der Waals surface area contributed by atoms with Gasteiger partial charge in [0.05, 0.1) is 0 Å². The molecule has 1 aromatic carbocycles. The fourth-order valence-corrected chi connectivity index (χ4v) is 2.55. The van der Waals surface area contributed by atoms with Crippen molar-refractivity contribution in [1.82, 2.24) is 5.32 Å². The monoisotopic (exact) mass is 269 g/mol. The molecule has 0 radical (unpaired) electrons. The van der Waals surface area contributed by atoms with Crippen LogP contribution in [0.2, 0.25) is 0 Å². The number of benzene rings is 1. The first-order chi connectivity index (χ1) is 7.22. The lowest BCUT2D eigenvalue weighted by atomic mass is 9.89. The van der Waals surface area contributed by atoms with Gasteiger partial charge in [-0.15, -0.1) is 0 Å². The van der Waals surface area contributed by atoms with E-state index in [4.69, 9.17) is 0 Å². The van der Waals surface area contributed by atoms with E-state index in [9.17, 15) is 0 Å². The quantitative estimate of drug-likeness (QED) is 0.847. The summed E-state index contributed by atoms with van der Waals surface area (Å²) in [6.45, 7) is 4.52. The molecule has 1 nitrogen and oxygen atoms in total. The van der Waals surface area contributed by atoms with Gasteiger partial charge in [0, 0.05) is 10.5 Å². The van der Waals surface area contributed by atoms with Crippen LogP contribution >= 0.6 is 15.9 Å². The average Bonchev–Trinajstić information content (AvgIpc) is 2.25. The van der Waals surface area contributed by atoms with Crippen LogP contribution in [-0.2, 0) is 0 Å². The summed E-state index contributed by atoms with van der Waals surface area (Å²) in [5, 5.41) is 3.43. The third kappa shape index (κ3) is 3.32. The minimum atomic E-state index is 0.470. The Kier molecular flexibility index (Phi) is 5.34. The van der Waals surface area contributed by atoms with E-state index in [-0.39, 0.29) is 0 Å². The number of rotatable bonds is 5. The molecule has 1 N–H and O–H groups in total. The predicted octanol–water partition coefficient (Wildman–Crippen LogP) is 4.15. The van der Waals surface area contributed by atoms with Gasteiger partial charge in [-0.3, -0.25) is 0 Å². The summed E-state index contributed by atoms with van der Waals surface area (Å²) in [5.74, 6) is 0.712. The fraction of sp³-hybridized carbons (Fsp3) is 0.538. The highest BCUT2D eigenvalue weighted by Gasteiger charge is 2.18. The number of halogens is 1. The van der Waals surface area contributed by atoms with E-state index < -0.39 is 0 Å². The lowest BCUT2D eigenvalue weighted by Gasteiger charge is -2.25. The smallest absolute Gasteiger partial charge is 0.0346 e. The third-order valence-corrected chi connectivity index (χ3v) is 3.53. The van der Waals surface area contributed by atoms with E-state index in [1.165, 1.54) is 18.4 Å². The van der Waals surface area contributed by atoms with E-state index in [0.29, 0.717) is 12.0 Å². The molecule has 2 heteroatoms. The van der Waals surface area contributed by atoms with Gasteiger partial charge in [0.15, 0.2) is 0 Å². The molecule has 1 aromatic rings. The largest absolute Gasteiger partial charge is 0.313 e. The second kappa shape index (κ2) is 6.29. The summed E-state index contributed by atoms with van der Waals surface area (Å²) in [6.07, 6.45) is 2.43. The van der Waals surface area contributed by atoms with Crippen LogP contribution in [0.3, 0.4) is 0 Å². The molecule has 0 aliphatic rings. The maximum atomic E-state index is 3.52. The zero-order valence-corrected chi connectivity index (χ0v) is 11.3. The summed E-state index contributed by atoms with van der Waals surface area (Å²) < 4.78 is 1.16. The molecule has 0 saturated carbocycles. The van der Waals surface area contributed by atoms with E-state index in [1.54, 1.807) is 0 Å². The molecule has 0 aliphatic carbocycles. The lowest BCUT2D eigenvalue weighted by molar-refractivity contribution is 0.359. The molecule has 15 heavy (non-hydrogen) atoms. The van der Waals surface area contributed by atoms with Crippen molar-refractivity contribution < 1.29 is 0 Å². The van der Waals surface area contributed by atoms with Crippen LogP contribution in [0.15, 0.2) is 28.7 Å². The molecule has 0 spiro atoms. The number of hydrogen-bond donors (Lipinski definition) is 1. The zero-order chi connectivity index (χ0) is 11.3. The first kappa shape index (κ1) is 12.7. The Morgan fingerprint density at radius 2 is 1.93 bits per heavy atom. The average molecular weight is 270 g/mol. The van der Waals surface area contributed by atoms with Gasteiger partial charge in [0.2, 0.25) is 0 Å². The third-order valence-electron chi connectivity index (χ3n) is 3.04. The minimum Gasteiger partial charge on any atom is -0.313 e. The van der Waals surface area contributed by atoms with Gasteiger partial charge < -0.3 is 5.32 Å². The summed E-state index contributed by atoms with van der Waals surface area (Å²) in [5.41, 5.74) is 1.38. The fourth-order valence-electron chi connectivity index (χ4n) is 2.13. The normalized spacial score (nSPS) is 13.1. The Morgan fingerprint density at radius 3 is 2.40 bits per heavy atom. The maximum absolute atomic E-state index is 3.52. The van der Waals surface area contributed by atoms with Crippen LogP contribution in [0, 0.1) is 5.92 Å². The Morgan fingerprint density at radius 1 is 1.27 bits per heavy atom. The highest BCUT2D eigenvalue weighted by molar-refractivity contribution is 9.10. The molecule has 0 heterocycles. The number of hydrogen-bond acceptors (Lipinski definition) is 1. The van der Waals surface area contributed by atoms with Crippen molar-refractivity contribution in [2.24, 2.45) is 5.92 Å². The summed E-state index contributed by atoms with van der Waals surface area (Å²) >= 11 is 3.52. The van der Waals surface area contributed by atoms with Crippen LogP contribution in [0.4, 0.5) is 0 Å². The summed E-state index contributed by atoms with van der Waals surface area (Å²) in [4.78, 5) is 0. The van der Waals surface area contributed by atoms with Crippen molar-refractivity contribution in [3.63, 3.8) is 0 Å². The second-order valence-electron chi connectivity index (χ2n) is 3.90. The maximum Gasteiger partial charge on any atom is 0.0346 e. The van der Waals surface area contributed by atoms with Crippen molar-refractivity contribution in [2.75, 3.05) is 7.05 Å². The summed E-state index contributed by atoms with van der Waals surface area (Å²) in [6, 6.07) is 9.05. The lowest BCUT2D eigenvalue weighted by Crippen LogP contribution is -2.24. The summed E-state index contributed by atoms with van der Waals surface area (Å²) in [7, 11) is 2.05. The first-order valence-electron chi connectivity index (χ1n) is 5.65. The molecule has 0 bridgehead atoms. The molecular weight excluding hydrogens is 250 g/mol. The highest BCUT2D eigenvalue weighted by Crippen LogP contribution is 2.28. The predicted molar refractivity (Wildman–Crippen MR) is 70.0 cm³/mol. The van der Waals surface area contributed by atoms with Gasteiger partial charge >= 0.3 is 0 Å². The van der Waals surface area contributed by atoms with Gasteiger partial charge in [0.1, 0.15) is 0 Å². The molecule has 1 unspecified atom stereocenters. The van der Waals surface area contributed by atoms with Crippen molar-refractivity contribution in [3.05, 3.63) is 34.3 Å². The van der Waals surface area contributed by atoms with E-state index >= 15 is 0 Å². The van der Waals surface area contributed by atoms with E-state index in [2.05, 4.69) is 59.4 Å². The van der Waals surface area contributed by atoms with Crippen molar-refractivity contribution in [2.45, 2.75) is 32.7 Å². The van der Waals surface area contributed by atoms with Crippen molar-refractivity contribution in [3.8, 4) is 0 Å². The van der Waals surface area contributed by atoms with E-state index in [0.717, 1.165) is 4.47 Å². The molecule has 0 fully saturated rings. The molecule has 1 rings (SSSR count). The SMILES string of the molecule is CCC(CC)C(NC)c1cccc(Br)c1. The molecular formula is C13H20BrN. The Labute approximate surface area is 101 Å². The van der Waals surface area contributed by atoms with Crippen molar-refractivity contribution >= 4 is 15.9 Å².